The highest BCUT2D eigenvalue weighted by Crippen LogP contribution is 2.47. The first-order valence-corrected chi connectivity index (χ1v) is 13.4. The van der Waals surface area contributed by atoms with E-state index in [2.05, 4.69) is 59.0 Å². The van der Waals surface area contributed by atoms with Crippen LogP contribution in [0.25, 0.3) is 0 Å². The second kappa shape index (κ2) is 13.7. The zero-order chi connectivity index (χ0) is 24.5. The summed E-state index contributed by atoms with van der Waals surface area (Å²) in [5.74, 6) is 1.71. The van der Waals surface area contributed by atoms with Gasteiger partial charge in [-0.2, -0.15) is 0 Å². The SMILES string of the molecule is CCCC[C@H](C)C[C@H](O)/C=C/[C@@H]1[C@H]2CC(CNCCC(=O)N(C(C)C)C(C)C)=C[C@H]2C[C@H]1O. The number of nitrogens with zero attached hydrogens (tertiary/aromatic N) is 1. The number of carbonyl (C=O) groups excluding carboxylic acids is 1. The van der Waals surface area contributed by atoms with Crippen molar-refractivity contribution in [3.05, 3.63) is 23.8 Å². The highest BCUT2D eigenvalue weighted by molar-refractivity contribution is 5.77. The molecule has 0 aliphatic heterocycles. The minimum absolute atomic E-state index is 0.122. The summed E-state index contributed by atoms with van der Waals surface area (Å²) in [6, 6.07) is 0.452. The fraction of sp³-hybridized carbons (Fsp3) is 0.821. The van der Waals surface area contributed by atoms with Crippen LogP contribution in [-0.4, -0.2) is 58.4 Å². The lowest BCUT2D eigenvalue weighted by Gasteiger charge is -2.31. The van der Waals surface area contributed by atoms with Gasteiger partial charge in [-0.15, -0.1) is 0 Å². The van der Waals surface area contributed by atoms with Crippen molar-refractivity contribution in [3.63, 3.8) is 0 Å². The number of unbranched alkanes of at least 4 members (excludes halogenated alkanes) is 1. The first kappa shape index (κ1) is 28.1. The Bertz CT molecular complexity index is 650. The molecule has 0 unspecified atom stereocenters. The van der Waals surface area contributed by atoms with Crippen LogP contribution < -0.4 is 5.32 Å². The van der Waals surface area contributed by atoms with Gasteiger partial charge in [-0.1, -0.05) is 56.9 Å². The van der Waals surface area contributed by atoms with E-state index in [0.29, 0.717) is 30.7 Å². The molecule has 1 fully saturated rings. The van der Waals surface area contributed by atoms with Gasteiger partial charge in [0.1, 0.15) is 0 Å². The minimum Gasteiger partial charge on any atom is -0.392 e. The molecule has 1 saturated carbocycles. The van der Waals surface area contributed by atoms with E-state index < -0.39 is 6.10 Å². The van der Waals surface area contributed by atoms with Crippen molar-refractivity contribution in [1.29, 1.82) is 0 Å². The van der Waals surface area contributed by atoms with Gasteiger partial charge in [-0.3, -0.25) is 4.79 Å². The summed E-state index contributed by atoms with van der Waals surface area (Å²) in [6.45, 7) is 14.2. The van der Waals surface area contributed by atoms with E-state index in [1.807, 2.05) is 11.0 Å². The quantitative estimate of drug-likeness (QED) is 0.259. The first-order chi connectivity index (χ1) is 15.6. The van der Waals surface area contributed by atoms with Crippen molar-refractivity contribution >= 4 is 5.91 Å². The van der Waals surface area contributed by atoms with Gasteiger partial charge in [0.25, 0.3) is 0 Å². The minimum atomic E-state index is -0.424. The van der Waals surface area contributed by atoms with Crippen molar-refractivity contribution in [2.45, 2.75) is 111 Å². The first-order valence-electron chi connectivity index (χ1n) is 13.4. The molecule has 5 nitrogen and oxygen atoms in total. The fourth-order valence-electron chi connectivity index (χ4n) is 5.90. The molecule has 190 valence electrons. The van der Waals surface area contributed by atoms with Gasteiger partial charge >= 0.3 is 0 Å². The van der Waals surface area contributed by atoms with E-state index in [-0.39, 0.29) is 30.0 Å². The average Bonchev–Trinajstić information content (AvgIpc) is 3.23. The molecule has 0 aromatic heterocycles. The number of fused-ring (bicyclic) bond motifs is 1. The van der Waals surface area contributed by atoms with Crippen LogP contribution in [0.15, 0.2) is 23.8 Å². The van der Waals surface area contributed by atoms with E-state index in [9.17, 15) is 15.0 Å². The third-order valence-corrected chi connectivity index (χ3v) is 7.47. The van der Waals surface area contributed by atoms with Crippen LogP contribution in [-0.2, 0) is 4.79 Å². The molecule has 0 spiro atoms. The second-order valence-electron chi connectivity index (χ2n) is 11.1. The molecule has 2 rings (SSSR count). The molecule has 0 aromatic rings. The smallest absolute Gasteiger partial charge is 0.224 e. The highest BCUT2D eigenvalue weighted by Gasteiger charge is 2.43. The van der Waals surface area contributed by atoms with Gasteiger partial charge in [0.2, 0.25) is 5.91 Å². The standard InChI is InChI=1S/C28H50N2O3/c1-7-8-9-21(6)14-24(31)10-11-25-26-16-22(15-23(26)17-27(25)32)18-29-13-12-28(33)30(19(2)3)20(4)5/h10-11,15,19-21,23-27,29,31-32H,7-9,12-14,16-18H2,1-6H3/b11-10+/t21-,23-,24+,25+,26-,27+/m0/s1. The Labute approximate surface area is 202 Å². The Morgan fingerprint density at radius 3 is 2.58 bits per heavy atom. The van der Waals surface area contributed by atoms with E-state index >= 15 is 0 Å². The number of amides is 1. The molecular weight excluding hydrogens is 412 g/mol. The fourth-order valence-corrected chi connectivity index (χ4v) is 5.90. The predicted octanol–water partition coefficient (Wildman–Crippen LogP) is 4.69. The lowest BCUT2D eigenvalue weighted by molar-refractivity contribution is -0.134. The molecule has 1 amide bonds. The average molecular weight is 463 g/mol. The van der Waals surface area contributed by atoms with E-state index in [1.165, 1.54) is 18.4 Å². The number of allylic oxidation sites excluding steroid dienone is 1. The van der Waals surface area contributed by atoms with Crippen LogP contribution in [0.4, 0.5) is 0 Å². The van der Waals surface area contributed by atoms with E-state index in [0.717, 1.165) is 32.2 Å². The van der Waals surface area contributed by atoms with Gasteiger partial charge in [0, 0.05) is 37.5 Å². The summed E-state index contributed by atoms with van der Waals surface area (Å²) >= 11 is 0. The molecule has 33 heavy (non-hydrogen) atoms. The number of rotatable bonds is 14. The van der Waals surface area contributed by atoms with Crippen molar-refractivity contribution in [2.24, 2.45) is 23.7 Å². The van der Waals surface area contributed by atoms with Crippen molar-refractivity contribution < 1.29 is 15.0 Å². The predicted molar refractivity (Wildman–Crippen MR) is 137 cm³/mol. The largest absolute Gasteiger partial charge is 0.392 e. The van der Waals surface area contributed by atoms with Gasteiger partial charge in [0.15, 0.2) is 0 Å². The van der Waals surface area contributed by atoms with Gasteiger partial charge in [-0.25, -0.2) is 0 Å². The molecule has 2 aliphatic rings. The summed E-state index contributed by atoms with van der Waals surface area (Å²) in [6.07, 6.45) is 12.3. The Morgan fingerprint density at radius 2 is 1.94 bits per heavy atom. The maximum absolute atomic E-state index is 12.5. The second-order valence-corrected chi connectivity index (χ2v) is 11.1. The zero-order valence-corrected chi connectivity index (χ0v) is 22.0. The number of aliphatic hydroxyl groups excluding tert-OH is 2. The van der Waals surface area contributed by atoms with Crippen LogP contribution >= 0.6 is 0 Å². The van der Waals surface area contributed by atoms with Crippen molar-refractivity contribution in [3.8, 4) is 0 Å². The summed E-state index contributed by atoms with van der Waals surface area (Å²) in [7, 11) is 0. The number of nitrogens with one attached hydrogen (secondary N) is 1. The third-order valence-electron chi connectivity index (χ3n) is 7.47. The molecule has 2 aliphatic carbocycles. The molecule has 0 radical (unpaired) electrons. The summed E-state index contributed by atoms with van der Waals surface area (Å²) < 4.78 is 0. The molecule has 0 heterocycles. The maximum Gasteiger partial charge on any atom is 0.224 e. The van der Waals surface area contributed by atoms with E-state index in [1.54, 1.807) is 0 Å². The summed E-state index contributed by atoms with van der Waals surface area (Å²) in [4.78, 5) is 14.5. The zero-order valence-electron chi connectivity index (χ0n) is 22.0. The lowest BCUT2D eigenvalue weighted by Crippen LogP contribution is -2.43. The lowest BCUT2D eigenvalue weighted by atomic mass is 9.88. The molecule has 6 atom stereocenters. The Balaban J connectivity index is 1.77. The van der Waals surface area contributed by atoms with Crippen LogP contribution in [0.5, 0.6) is 0 Å². The maximum atomic E-state index is 12.5. The van der Waals surface area contributed by atoms with Gasteiger partial charge in [0.05, 0.1) is 12.2 Å². The Morgan fingerprint density at radius 1 is 1.24 bits per heavy atom. The van der Waals surface area contributed by atoms with Gasteiger partial charge in [-0.05, 0) is 64.7 Å². The van der Waals surface area contributed by atoms with Crippen LogP contribution in [0.1, 0.15) is 86.5 Å². The molecule has 0 saturated heterocycles. The topological polar surface area (TPSA) is 72.8 Å². The summed E-state index contributed by atoms with van der Waals surface area (Å²) in [5, 5.41) is 24.5. The molecule has 3 N–H and O–H groups in total. The van der Waals surface area contributed by atoms with Crippen molar-refractivity contribution in [2.75, 3.05) is 13.1 Å². The van der Waals surface area contributed by atoms with Crippen LogP contribution in [0.3, 0.4) is 0 Å². The number of hydrogen-bond donors (Lipinski definition) is 3. The number of carbonyl (C=O) groups is 1. The van der Waals surface area contributed by atoms with Crippen LogP contribution in [0, 0.1) is 23.7 Å². The highest BCUT2D eigenvalue weighted by atomic mass is 16.3. The van der Waals surface area contributed by atoms with Crippen LogP contribution in [0.2, 0.25) is 0 Å². The molecule has 0 aromatic carbocycles. The Hall–Kier alpha value is -1.17. The van der Waals surface area contributed by atoms with Crippen molar-refractivity contribution in [1.82, 2.24) is 10.2 Å². The monoisotopic (exact) mass is 462 g/mol. The molecule has 5 heteroatoms. The Kier molecular flexibility index (Phi) is 11.6. The number of aliphatic hydroxyl groups is 2. The third kappa shape index (κ3) is 8.52. The molecular formula is C28H50N2O3. The summed E-state index contributed by atoms with van der Waals surface area (Å²) in [5.41, 5.74) is 1.39. The normalized spacial score (nSPS) is 26.8. The molecule has 0 bridgehead atoms. The number of hydrogen-bond acceptors (Lipinski definition) is 4. The van der Waals surface area contributed by atoms with E-state index in [4.69, 9.17) is 0 Å². The van der Waals surface area contributed by atoms with Gasteiger partial charge < -0.3 is 20.4 Å².